The predicted octanol–water partition coefficient (Wildman–Crippen LogP) is 7.03. The van der Waals surface area contributed by atoms with E-state index in [9.17, 15) is 25.2 Å². The number of aliphatic hydroxyl groups excluding tert-OH is 4. The fourth-order valence-electron chi connectivity index (χ4n) is 6.79. The maximum absolute atomic E-state index is 12.6. The van der Waals surface area contributed by atoms with Gasteiger partial charge in [-0.3, -0.25) is 4.79 Å². The van der Waals surface area contributed by atoms with Crippen molar-refractivity contribution in [2.24, 2.45) is 0 Å². The Morgan fingerprint density at radius 1 is 0.655 bits per heavy atom. The minimum atomic E-state index is -0.391. The van der Waals surface area contributed by atoms with Crippen LogP contribution in [-0.4, -0.2) is 51.8 Å². The van der Waals surface area contributed by atoms with E-state index in [2.05, 4.69) is 15.8 Å². The van der Waals surface area contributed by atoms with E-state index in [1.807, 2.05) is 54.6 Å². The summed E-state index contributed by atoms with van der Waals surface area (Å²) in [5.74, 6) is 2.27. The van der Waals surface area contributed by atoms with Crippen LogP contribution in [0.25, 0.3) is 22.6 Å². The summed E-state index contributed by atoms with van der Waals surface area (Å²) in [6.07, 6.45) is 6.84. The molecule has 1 aromatic heterocycles. The second-order valence-corrected chi connectivity index (χ2v) is 13.5. The molecule has 0 radical (unpaired) electrons. The Hall–Kier alpha value is -5.40. The largest absolute Gasteiger partial charge is 0.493 e. The van der Waals surface area contributed by atoms with Crippen molar-refractivity contribution in [3.8, 4) is 39.8 Å². The van der Waals surface area contributed by atoms with Crippen molar-refractivity contribution < 1.29 is 44.0 Å². The van der Waals surface area contributed by atoms with Crippen molar-refractivity contribution >= 4 is 11.6 Å². The van der Waals surface area contributed by atoms with Crippen molar-refractivity contribution in [3.05, 3.63) is 112 Å². The molecule has 1 unspecified atom stereocenters. The van der Waals surface area contributed by atoms with Gasteiger partial charge in [-0.2, -0.15) is 0 Å². The number of aliphatic hydroxyl groups is 4. The highest BCUT2D eigenvalue weighted by atomic mass is 16.5. The van der Waals surface area contributed by atoms with Crippen molar-refractivity contribution in [2.45, 2.75) is 77.5 Å². The van der Waals surface area contributed by atoms with Crippen LogP contribution in [0.5, 0.6) is 17.2 Å². The molecule has 4 aromatic carbocycles. The number of nitrogens with one attached hydrogen (secondary N) is 2. The number of carbonyl (C=O) groups excluding carboxylic acids is 1. The van der Waals surface area contributed by atoms with Gasteiger partial charge in [0, 0.05) is 28.4 Å². The fourth-order valence-corrected chi connectivity index (χ4v) is 6.79. The zero-order chi connectivity index (χ0) is 38.6. The highest BCUT2D eigenvalue weighted by molar-refractivity contribution is 6.01. The van der Waals surface area contributed by atoms with Gasteiger partial charge in [-0.25, -0.2) is 0 Å². The number of ether oxygens (including phenoxy) is 3. The van der Waals surface area contributed by atoms with E-state index in [0.717, 1.165) is 61.8 Å². The Morgan fingerprint density at radius 3 is 1.98 bits per heavy atom. The van der Waals surface area contributed by atoms with Gasteiger partial charge >= 0.3 is 0 Å². The van der Waals surface area contributed by atoms with E-state index >= 15 is 0 Å². The van der Waals surface area contributed by atoms with Crippen LogP contribution in [0.4, 0.5) is 5.69 Å². The van der Waals surface area contributed by atoms with Gasteiger partial charge in [-0.05, 0) is 89.7 Å². The molecular weight excluding hydrogens is 702 g/mol. The summed E-state index contributed by atoms with van der Waals surface area (Å²) in [5.41, 5.74) is 6.43. The van der Waals surface area contributed by atoms with Crippen LogP contribution in [0.3, 0.4) is 0 Å². The smallest absolute Gasteiger partial charge is 0.255 e. The van der Waals surface area contributed by atoms with E-state index in [1.54, 1.807) is 31.4 Å². The third kappa shape index (κ3) is 9.65. The summed E-state index contributed by atoms with van der Waals surface area (Å²) in [5, 5.41) is 49.8. The maximum atomic E-state index is 12.6. The lowest BCUT2D eigenvalue weighted by Gasteiger charge is -2.28. The first-order chi connectivity index (χ1) is 27.0. The van der Waals surface area contributed by atoms with Gasteiger partial charge < -0.3 is 49.8 Å². The molecule has 0 spiro atoms. The molecule has 290 valence electrons. The lowest BCUT2D eigenvalue weighted by Crippen LogP contribution is -2.38. The van der Waals surface area contributed by atoms with Crippen LogP contribution in [0, 0.1) is 0 Å². The van der Waals surface area contributed by atoms with Gasteiger partial charge in [0.05, 0.1) is 52.3 Å². The minimum Gasteiger partial charge on any atom is -0.493 e. The monoisotopic (exact) mass is 751 g/mol. The molecule has 1 aliphatic rings. The third-order valence-corrected chi connectivity index (χ3v) is 9.83. The van der Waals surface area contributed by atoms with Gasteiger partial charge in [0.25, 0.3) is 5.91 Å². The number of carbonyl (C=O) groups is 1. The van der Waals surface area contributed by atoms with Crippen LogP contribution >= 0.6 is 0 Å². The van der Waals surface area contributed by atoms with Crippen molar-refractivity contribution in [3.63, 3.8) is 0 Å². The molecule has 0 fully saturated rings. The zero-order valence-corrected chi connectivity index (χ0v) is 31.1. The van der Waals surface area contributed by atoms with Crippen LogP contribution < -0.4 is 24.8 Å². The molecular formula is C43H49N3O9. The lowest BCUT2D eigenvalue weighted by molar-refractivity contribution is 0.0935. The summed E-state index contributed by atoms with van der Waals surface area (Å²) >= 11 is 0. The average Bonchev–Trinajstić information content (AvgIpc) is 3.73. The number of para-hydroxylation sites is 1. The summed E-state index contributed by atoms with van der Waals surface area (Å²) in [6, 6.07) is 23.8. The number of aromatic nitrogens is 1. The Bertz CT molecular complexity index is 2020. The van der Waals surface area contributed by atoms with Crippen molar-refractivity contribution in [2.75, 3.05) is 25.6 Å². The molecule has 1 aliphatic heterocycles. The Balaban J connectivity index is 0.900. The standard InChI is InChI=1S/C43H49N3O9/c1-52-39-16-13-28(40-23-37(46-55-40)30-20-31(24-47)35(27-50)32(21-30)25-48)22-41(39)54-18-10-6-4-2-3-5-9-17-53-38-15-14-29(19-33(38)26-49)42-44-36-12-8-7-11-34(36)43(51)45-42/h7-8,11-16,19-23,42,44,47-50H,2-6,9-10,17-18,24-27H2,1H3,(H,45,51). The molecule has 6 N–H and O–H groups in total. The number of hydrogen-bond donors (Lipinski definition) is 6. The average molecular weight is 752 g/mol. The molecule has 1 atom stereocenters. The molecule has 0 aliphatic carbocycles. The SMILES string of the molecule is COc1ccc(-c2cc(-c3cc(CO)c(CO)c(CO)c3)no2)cc1OCCCCCCCCCOc1ccc(C2NC(=O)c3ccccc3N2)cc1CO. The quantitative estimate of drug-likeness (QED) is 0.0451. The predicted molar refractivity (Wildman–Crippen MR) is 208 cm³/mol. The van der Waals surface area contributed by atoms with Gasteiger partial charge in [0.1, 0.15) is 17.6 Å². The topological polar surface area (TPSA) is 176 Å². The molecule has 12 heteroatoms. The number of unbranched alkanes of at least 4 members (excludes halogenated alkanes) is 6. The number of fused-ring (bicyclic) bond motifs is 1. The van der Waals surface area contributed by atoms with Gasteiger partial charge in [-0.1, -0.05) is 55.5 Å². The van der Waals surface area contributed by atoms with Crippen LogP contribution in [0.2, 0.25) is 0 Å². The summed E-state index contributed by atoms with van der Waals surface area (Å²) in [6.45, 7) is 0.113. The second kappa shape index (κ2) is 19.3. The number of hydrogen-bond acceptors (Lipinski definition) is 11. The molecule has 2 heterocycles. The highest BCUT2D eigenvalue weighted by Gasteiger charge is 2.25. The van der Waals surface area contributed by atoms with E-state index < -0.39 is 6.17 Å². The molecule has 12 nitrogen and oxygen atoms in total. The minimum absolute atomic E-state index is 0.136. The van der Waals surface area contributed by atoms with Crippen LogP contribution in [0.1, 0.15) is 89.3 Å². The zero-order valence-electron chi connectivity index (χ0n) is 31.1. The Morgan fingerprint density at radius 2 is 1.31 bits per heavy atom. The van der Waals surface area contributed by atoms with Crippen molar-refractivity contribution in [1.29, 1.82) is 0 Å². The number of amides is 1. The van der Waals surface area contributed by atoms with Crippen molar-refractivity contribution in [1.82, 2.24) is 10.5 Å². The number of benzene rings is 4. The Kier molecular flexibility index (Phi) is 13.8. The summed E-state index contributed by atoms with van der Waals surface area (Å²) in [7, 11) is 1.60. The highest BCUT2D eigenvalue weighted by Crippen LogP contribution is 2.35. The number of nitrogens with zero attached hydrogens (tertiary/aromatic N) is 1. The third-order valence-electron chi connectivity index (χ3n) is 9.83. The van der Waals surface area contributed by atoms with Crippen LogP contribution in [0.15, 0.2) is 83.4 Å². The van der Waals surface area contributed by atoms with E-state index in [0.29, 0.717) is 75.3 Å². The van der Waals surface area contributed by atoms with E-state index in [-0.39, 0.29) is 32.3 Å². The molecule has 0 bridgehead atoms. The normalized spacial score (nSPS) is 13.5. The molecule has 1 amide bonds. The molecule has 6 rings (SSSR count). The number of anilines is 1. The lowest BCUT2D eigenvalue weighted by atomic mass is 9.97. The van der Waals surface area contributed by atoms with E-state index in [4.69, 9.17) is 18.7 Å². The van der Waals surface area contributed by atoms with E-state index in [1.165, 1.54) is 0 Å². The van der Waals surface area contributed by atoms with Crippen LogP contribution in [-0.2, 0) is 26.4 Å². The fraction of sp³-hybridized carbons (Fsp3) is 0.349. The first-order valence-electron chi connectivity index (χ1n) is 18.7. The number of methoxy groups -OCH3 is 1. The number of rotatable bonds is 20. The maximum Gasteiger partial charge on any atom is 0.255 e. The molecule has 0 saturated carbocycles. The molecule has 0 saturated heterocycles. The van der Waals surface area contributed by atoms with Gasteiger partial charge in [0.2, 0.25) is 0 Å². The molecule has 55 heavy (non-hydrogen) atoms. The van der Waals surface area contributed by atoms with Gasteiger partial charge in [-0.15, -0.1) is 0 Å². The summed E-state index contributed by atoms with van der Waals surface area (Å²) in [4.78, 5) is 12.6. The summed E-state index contributed by atoms with van der Waals surface area (Å²) < 4.78 is 23.3. The Labute approximate surface area is 320 Å². The second-order valence-electron chi connectivity index (χ2n) is 13.5. The molecule has 5 aromatic rings. The van der Waals surface area contributed by atoms with Gasteiger partial charge in [0.15, 0.2) is 17.3 Å². The first kappa shape index (κ1) is 39.3. The first-order valence-corrected chi connectivity index (χ1v) is 18.7.